The molecule has 0 saturated carbocycles. The van der Waals surface area contributed by atoms with Crippen LogP contribution in [0, 0.1) is 0 Å². The molecule has 0 radical (unpaired) electrons. The van der Waals surface area contributed by atoms with Crippen LogP contribution in [-0.2, 0) is 19.3 Å². The van der Waals surface area contributed by atoms with Gasteiger partial charge in [-0.05, 0) is 51.5 Å². The molecule has 2 N–H and O–H groups in total. The van der Waals surface area contributed by atoms with Crippen molar-refractivity contribution < 1.29 is 37.0 Å². The van der Waals surface area contributed by atoms with E-state index in [0.29, 0.717) is 41.6 Å². The number of alkyl halides is 1. The van der Waals surface area contributed by atoms with E-state index in [9.17, 15) is 27.6 Å². The van der Waals surface area contributed by atoms with Crippen molar-refractivity contribution in [2.45, 2.75) is 37.1 Å². The van der Waals surface area contributed by atoms with Crippen LogP contribution in [0.4, 0.5) is 4.79 Å². The quantitative estimate of drug-likeness (QED) is 0.282. The number of hydrogen-bond donors (Lipinski definition) is 2. The van der Waals surface area contributed by atoms with Gasteiger partial charge < -0.3 is 19.3 Å². The second kappa shape index (κ2) is 10.4. The van der Waals surface area contributed by atoms with Crippen LogP contribution >= 0.6 is 30.5 Å². The van der Waals surface area contributed by atoms with Gasteiger partial charge >= 0.3 is 13.7 Å². The van der Waals surface area contributed by atoms with E-state index in [1.807, 2.05) is 0 Å². The molecule has 0 aliphatic carbocycles. The first-order valence-electron chi connectivity index (χ1n) is 9.16. The summed E-state index contributed by atoms with van der Waals surface area (Å²) >= 11 is 6.24. The summed E-state index contributed by atoms with van der Waals surface area (Å²) in [7, 11) is -9.69. The molecule has 2 rings (SSSR count). The van der Waals surface area contributed by atoms with Crippen molar-refractivity contribution in [2.24, 2.45) is 0 Å². The van der Waals surface area contributed by atoms with Gasteiger partial charge in [-0.1, -0.05) is 11.3 Å². The Kier molecular flexibility index (Phi) is 8.65. The Bertz CT molecular complexity index is 1080. The number of benzene rings is 1. The van der Waals surface area contributed by atoms with Gasteiger partial charge in [0.15, 0.2) is 0 Å². The monoisotopic (exact) mass is 527 g/mol. The van der Waals surface area contributed by atoms with Crippen molar-refractivity contribution in [3.63, 3.8) is 0 Å². The topological polar surface area (TPSA) is 156 Å². The Morgan fingerprint density at radius 3 is 2.38 bits per heavy atom. The van der Waals surface area contributed by atoms with E-state index in [4.69, 9.17) is 21.1 Å². The standard InChI is InChI=1S/C17H23ClN3O8PS2/c1-17(2,3)29-16(22)21(11-30(23,24)25)32(26,27)15-20-19-14(31-15)12-5-7-13(8-6-12)28-10-4-9-18/h5-8H,4,9-11H2,1-3H3,(H2,23,24,25). The van der Waals surface area contributed by atoms with Crippen LogP contribution in [0.2, 0.25) is 0 Å². The third kappa shape index (κ3) is 7.68. The Balaban J connectivity index is 2.30. The minimum absolute atomic E-state index is 0.0306. The summed E-state index contributed by atoms with van der Waals surface area (Å²) in [5.41, 5.74) is -0.563. The van der Waals surface area contributed by atoms with E-state index in [0.717, 1.165) is 0 Å². The molecule has 11 nitrogen and oxygen atoms in total. The predicted molar refractivity (Wildman–Crippen MR) is 118 cm³/mol. The van der Waals surface area contributed by atoms with Crippen molar-refractivity contribution >= 4 is 46.7 Å². The molecular formula is C17H23ClN3O8PS2. The van der Waals surface area contributed by atoms with E-state index in [1.165, 1.54) is 20.8 Å². The van der Waals surface area contributed by atoms with Crippen LogP contribution < -0.4 is 4.74 Å². The number of carbonyl (C=O) groups excluding carboxylic acids is 1. The molecule has 0 atom stereocenters. The number of carbonyl (C=O) groups is 1. The van der Waals surface area contributed by atoms with Gasteiger partial charge in [-0.15, -0.1) is 21.8 Å². The molecule has 1 aromatic carbocycles. The van der Waals surface area contributed by atoms with E-state index in [1.54, 1.807) is 24.3 Å². The Morgan fingerprint density at radius 1 is 1.22 bits per heavy atom. The Hall–Kier alpha value is -1.76. The third-order valence-electron chi connectivity index (χ3n) is 3.48. The lowest BCUT2D eigenvalue weighted by atomic mass is 10.2. The number of amides is 1. The number of nitrogens with zero attached hydrogens (tertiary/aromatic N) is 3. The molecule has 0 aliphatic heterocycles. The highest BCUT2D eigenvalue weighted by Gasteiger charge is 2.39. The first-order chi connectivity index (χ1) is 14.7. The molecule has 15 heteroatoms. The molecular weight excluding hydrogens is 505 g/mol. The second-order valence-corrected chi connectivity index (χ2v) is 12.4. The molecule has 2 aromatic rings. The zero-order valence-corrected chi connectivity index (χ0v) is 20.7. The van der Waals surface area contributed by atoms with Crippen LogP contribution in [0.5, 0.6) is 5.75 Å². The predicted octanol–water partition coefficient (Wildman–Crippen LogP) is 3.27. The molecule has 0 saturated heterocycles. The SMILES string of the molecule is CC(C)(C)OC(=O)N(CP(=O)(O)O)S(=O)(=O)c1nnc(-c2ccc(OCCCCl)cc2)s1. The molecule has 32 heavy (non-hydrogen) atoms. The van der Waals surface area contributed by atoms with E-state index < -0.39 is 39.9 Å². The van der Waals surface area contributed by atoms with Gasteiger partial charge in [0, 0.05) is 11.4 Å². The minimum Gasteiger partial charge on any atom is -0.494 e. The summed E-state index contributed by atoms with van der Waals surface area (Å²) in [5.74, 6) is 1.07. The number of sulfonamides is 1. The van der Waals surface area contributed by atoms with Gasteiger partial charge in [0.1, 0.15) is 22.6 Å². The van der Waals surface area contributed by atoms with Gasteiger partial charge in [0.25, 0.3) is 14.4 Å². The molecule has 0 fully saturated rings. The largest absolute Gasteiger partial charge is 0.494 e. The van der Waals surface area contributed by atoms with Gasteiger partial charge in [0.05, 0.1) is 6.61 Å². The number of hydrogen-bond acceptors (Lipinski definition) is 9. The maximum atomic E-state index is 12.9. The number of ether oxygens (including phenoxy) is 2. The minimum atomic E-state index is -4.95. The van der Waals surface area contributed by atoms with Crippen LogP contribution in [0.15, 0.2) is 28.6 Å². The first kappa shape index (κ1) is 26.5. The van der Waals surface area contributed by atoms with Crippen LogP contribution in [0.25, 0.3) is 10.6 Å². The zero-order chi connectivity index (χ0) is 24.2. The van der Waals surface area contributed by atoms with E-state index >= 15 is 0 Å². The van der Waals surface area contributed by atoms with E-state index in [2.05, 4.69) is 10.2 Å². The second-order valence-electron chi connectivity index (χ2n) is 7.43. The summed E-state index contributed by atoms with van der Waals surface area (Å²) in [6.45, 7) is 4.90. The molecule has 1 aromatic heterocycles. The molecule has 1 amide bonds. The van der Waals surface area contributed by atoms with Crippen LogP contribution in [-0.4, -0.2) is 63.2 Å². The van der Waals surface area contributed by atoms with Gasteiger partial charge in [-0.3, -0.25) is 4.57 Å². The van der Waals surface area contributed by atoms with Crippen molar-refractivity contribution in [3.05, 3.63) is 24.3 Å². The highest BCUT2D eigenvalue weighted by atomic mass is 35.5. The highest BCUT2D eigenvalue weighted by Crippen LogP contribution is 2.38. The summed E-state index contributed by atoms with van der Waals surface area (Å²) < 4.78 is 47.2. The smallest absolute Gasteiger partial charge is 0.425 e. The van der Waals surface area contributed by atoms with Crippen LogP contribution in [0.3, 0.4) is 0 Å². The molecule has 0 spiro atoms. The summed E-state index contributed by atoms with van der Waals surface area (Å²) in [6.07, 6.45) is -2.15. The lowest BCUT2D eigenvalue weighted by molar-refractivity contribution is 0.0403. The fourth-order valence-electron chi connectivity index (χ4n) is 2.18. The lowest BCUT2D eigenvalue weighted by Gasteiger charge is -2.26. The summed E-state index contributed by atoms with van der Waals surface area (Å²) in [5, 5.41) is 7.66. The third-order valence-corrected chi connectivity index (χ3v) is 7.62. The normalized spacial score (nSPS) is 12.4. The van der Waals surface area contributed by atoms with Crippen molar-refractivity contribution in [3.8, 4) is 16.3 Å². The molecule has 0 unspecified atom stereocenters. The zero-order valence-electron chi connectivity index (χ0n) is 17.5. The molecule has 0 aliphatic rings. The Morgan fingerprint density at radius 2 is 1.84 bits per heavy atom. The molecule has 178 valence electrons. The summed E-state index contributed by atoms with van der Waals surface area (Å²) in [6, 6.07) is 6.63. The average Bonchev–Trinajstić information content (AvgIpc) is 3.16. The maximum Gasteiger partial charge on any atom is 0.425 e. The first-order valence-corrected chi connectivity index (χ1v) is 13.7. The number of aromatic nitrogens is 2. The van der Waals surface area contributed by atoms with Gasteiger partial charge in [0.2, 0.25) is 0 Å². The van der Waals surface area contributed by atoms with Crippen molar-refractivity contribution in [2.75, 3.05) is 18.8 Å². The fourth-order valence-corrected chi connectivity index (χ4v) is 5.87. The number of halogens is 1. The van der Waals surface area contributed by atoms with Crippen molar-refractivity contribution in [1.82, 2.24) is 14.5 Å². The highest BCUT2D eigenvalue weighted by molar-refractivity contribution is 7.91. The van der Waals surface area contributed by atoms with Gasteiger partial charge in [-0.2, -0.15) is 12.7 Å². The molecule has 0 bridgehead atoms. The molecule has 1 heterocycles. The van der Waals surface area contributed by atoms with Crippen molar-refractivity contribution in [1.29, 1.82) is 0 Å². The fraction of sp³-hybridized carbons (Fsp3) is 0.471. The summed E-state index contributed by atoms with van der Waals surface area (Å²) in [4.78, 5) is 30.9. The van der Waals surface area contributed by atoms with Crippen LogP contribution in [0.1, 0.15) is 27.2 Å². The maximum absolute atomic E-state index is 12.9. The Labute approximate surface area is 194 Å². The number of rotatable bonds is 9. The lowest BCUT2D eigenvalue weighted by Crippen LogP contribution is -2.41. The van der Waals surface area contributed by atoms with Gasteiger partial charge in [-0.25, -0.2) is 4.79 Å². The average molecular weight is 528 g/mol. The van der Waals surface area contributed by atoms with E-state index in [-0.39, 0.29) is 9.31 Å².